The molecule has 3 aromatic carbocycles. The highest BCUT2D eigenvalue weighted by atomic mass is 19.1. The van der Waals surface area contributed by atoms with Crippen molar-refractivity contribution in [2.75, 3.05) is 5.32 Å². The van der Waals surface area contributed by atoms with Crippen LogP contribution in [0.4, 0.5) is 10.1 Å². The van der Waals surface area contributed by atoms with Gasteiger partial charge in [0.15, 0.2) is 0 Å². The van der Waals surface area contributed by atoms with E-state index in [0.717, 1.165) is 6.07 Å². The Balaban J connectivity index is 1.65. The molecule has 29 heavy (non-hydrogen) atoms. The first-order valence-corrected chi connectivity index (χ1v) is 8.45. The Morgan fingerprint density at radius 3 is 2.38 bits per heavy atom. The summed E-state index contributed by atoms with van der Waals surface area (Å²) in [4.78, 5) is 24.4. The van der Waals surface area contributed by atoms with E-state index in [-0.39, 0.29) is 22.6 Å². The summed E-state index contributed by atoms with van der Waals surface area (Å²) in [5.41, 5.74) is 3.52. The summed E-state index contributed by atoms with van der Waals surface area (Å²) in [6, 6.07) is 15.2. The molecule has 0 saturated carbocycles. The number of amides is 2. The molecule has 0 aliphatic heterocycles. The van der Waals surface area contributed by atoms with Crippen LogP contribution >= 0.6 is 0 Å². The second kappa shape index (κ2) is 8.66. The maximum absolute atomic E-state index is 13.0. The molecule has 0 radical (unpaired) electrons. The number of phenolic OH excluding ortho intramolecular Hbond substituents is 2. The molecule has 3 aromatic rings. The number of hydrogen-bond donors (Lipinski definition) is 4. The van der Waals surface area contributed by atoms with Crippen molar-refractivity contribution in [3.05, 3.63) is 89.2 Å². The van der Waals surface area contributed by atoms with Crippen molar-refractivity contribution in [3.63, 3.8) is 0 Å². The zero-order valence-electron chi connectivity index (χ0n) is 15.0. The number of hydrogen-bond acceptors (Lipinski definition) is 5. The molecule has 0 spiro atoms. The molecule has 0 aliphatic rings. The molecule has 4 N–H and O–H groups in total. The molecular weight excluding hydrogens is 377 g/mol. The molecule has 0 unspecified atom stereocenters. The van der Waals surface area contributed by atoms with E-state index in [9.17, 15) is 24.2 Å². The van der Waals surface area contributed by atoms with Crippen LogP contribution in [-0.2, 0) is 0 Å². The van der Waals surface area contributed by atoms with Gasteiger partial charge in [0, 0.05) is 28.4 Å². The van der Waals surface area contributed by atoms with E-state index in [1.807, 2.05) is 0 Å². The quantitative estimate of drug-likeness (QED) is 0.394. The zero-order chi connectivity index (χ0) is 20.8. The largest absolute Gasteiger partial charge is 0.508 e. The van der Waals surface area contributed by atoms with E-state index < -0.39 is 17.6 Å². The summed E-state index contributed by atoms with van der Waals surface area (Å²) in [6.07, 6.45) is 1.23. The molecule has 8 heteroatoms. The lowest BCUT2D eigenvalue weighted by Gasteiger charge is -2.07. The van der Waals surface area contributed by atoms with Crippen molar-refractivity contribution in [3.8, 4) is 11.5 Å². The van der Waals surface area contributed by atoms with Gasteiger partial charge in [0.1, 0.15) is 17.3 Å². The molecule has 0 heterocycles. The van der Waals surface area contributed by atoms with Crippen molar-refractivity contribution < 1.29 is 24.2 Å². The lowest BCUT2D eigenvalue weighted by molar-refractivity contribution is 0.0953. The number of anilines is 1. The minimum Gasteiger partial charge on any atom is -0.508 e. The van der Waals surface area contributed by atoms with Crippen molar-refractivity contribution in [1.29, 1.82) is 0 Å². The summed E-state index contributed by atoms with van der Waals surface area (Å²) in [7, 11) is 0. The summed E-state index contributed by atoms with van der Waals surface area (Å²) in [6.45, 7) is 0. The molecule has 2 amide bonds. The number of halogens is 1. The molecule has 0 bridgehead atoms. The molecule has 7 nitrogen and oxygen atoms in total. The average molecular weight is 393 g/mol. The average Bonchev–Trinajstić information content (AvgIpc) is 2.70. The third kappa shape index (κ3) is 5.16. The van der Waals surface area contributed by atoms with Gasteiger partial charge in [-0.1, -0.05) is 6.07 Å². The topological polar surface area (TPSA) is 111 Å². The van der Waals surface area contributed by atoms with Crippen LogP contribution in [0.25, 0.3) is 0 Å². The first-order chi connectivity index (χ1) is 13.9. The number of benzene rings is 3. The third-order valence-electron chi connectivity index (χ3n) is 3.87. The highest BCUT2D eigenvalue weighted by molar-refractivity contribution is 6.05. The number of hydrazone groups is 1. The lowest BCUT2D eigenvalue weighted by Crippen LogP contribution is -2.18. The zero-order valence-corrected chi connectivity index (χ0v) is 15.0. The lowest BCUT2D eigenvalue weighted by atomic mass is 10.1. The van der Waals surface area contributed by atoms with Gasteiger partial charge in [0.25, 0.3) is 11.8 Å². The highest BCUT2D eigenvalue weighted by Gasteiger charge is 2.09. The Morgan fingerprint density at radius 2 is 1.66 bits per heavy atom. The maximum Gasteiger partial charge on any atom is 0.271 e. The maximum atomic E-state index is 13.0. The minimum atomic E-state index is -0.530. The monoisotopic (exact) mass is 393 g/mol. The summed E-state index contributed by atoms with van der Waals surface area (Å²) in [5.74, 6) is -1.70. The van der Waals surface area contributed by atoms with Crippen LogP contribution < -0.4 is 10.7 Å². The first-order valence-electron chi connectivity index (χ1n) is 8.45. The standard InChI is InChI=1S/C21H16FN3O4/c22-16-7-4-13(5-8-16)20(28)24-17-3-1-2-14(10-17)21(29)25-23-12-15-6-9-18(26)11-19(15)27/h1-12,26-27H,(H,24,28)(H,25,29). The predicted octanol–water partition coefficient (Wildman–Crippen LogP) is 3.25. The van der Waals surface area contributed by atoms with Gasteiger partial charge < -0.3 is 15.5 Å². The Kier molecular flexibility index (Phi) is 5.84. The van der Waals surface area contributed by atoms with Crippen LogP contribution in [0.3, 0.4) is 0 Å². The van der Waals surface area contributed by atoms with Gasteiger partial charge in [0.05, 0.1) is 6.21 Å². The van der Waals surface area contributed by atoms with Gasteiger partial charge in [-0.2, -0.15) is 5.10 Å². The van der Waals surface area contributed by atoms with Crippen LogP contribution in [0.5, 0.6) is 11.5 Å². The summed E-state index contributed by atoms with van der Waals surface area (Å²) >= 11 is 0. The Bertz CT molecular complexity index is 1080. The van der Waals surface area contributed by atoms with E-state index in [1.54, 1.807) is 12.1 Å². The number of carbonyl (C=O) groups is 2. The van der Waals surface area contributed by atoms with Crippen LogP contribution in [0, 0.1) is 5.82 Å². The van der Waals surface area contributed by atoms with Crippen molar-refractivity contribution in [1.82, 2.24) is 5.43 Å². The number of nitrogens with one attached hydrogen (secondary N) is 2. The number of aromatic hydroxyl groups is 2. The third-order valence-corrected chi connectivity index (χ3v) is 3.87. The fourth-order valence-corrected chi connectivity index (χ4v) is 2.41. The smallest absolute Gasteiger partial charge is 0.271 e. The van der Waals surface area contributed by atoms with Gasteiger partial charge in [-0.25, -0.2) is 9.82 Å². The summed E-state index contributed by atoms with van der Waals surface area (Å²) < 4.78 is 13.0. The molecule has 0 aromatic heterocycles. The Hall–Kier alpha value is -4.20. The van der Waals surface area contributed by atoms with E-state index in [4.69, 9.17) is 0 Å². The summed E-state index contributed by atoms with van der Waals surface area (Å²) in [5, 5.41) is 25.3. The van der Waals surface area contributed by atoms with Gasteiger partial charge in [-0.05, 0) is 54.6 Å². The molecule has 0 atom stereocenters. The molecule has 0 aliphatic carbocycles. The predicted molar refractivity (Wildman–Crippen MR) is 106 cm³/mol. The van der Waals surface area contributed by atoms with E-state index in [2.05, 4.69) is 15.8 Å². The fourth-order valence-electron chi connectivity index (χ4n) is 2.41. The second-order valence-corrected chi connectivity index (χ2v) is 5.98. The van der Waals surface area contributed by atoms with Crippen LogP contribution in [0.1, 0.15) is 26.3 Å². The van der Waals surface area contributed by atoms with Crippen molar-refractivity contribution >= 4 is 23.7 Å². The normalized spacial score (nSPS) is 10.7. The number of carbonyl (C=O) groups excluding carboxylic acids is 2. The fraction of sp³-hybridized carbons (Fsp3) is 0. The van der Waals surface area contributed by atoms with Gasteiger partial charge in [0.2, 0.25) is 0 Å². The van der Waals surface area contributed by atoms with Crippen LogP contribution in [0.15, 0.2) is 71.8 Å². The highest BCUT2D eigenvalue weighted by Crippen LogP contribution is 2.20. The van der Waals surface area contributed by atoms with Gasteiger partial charge in [-0.3, -0.25) is 9.59 Å². The van der Waals surface area contributed by atoms with Crippen LogP contribution in [0.2, 0.25) is 0 Å². The van der Waals surface area contributed by atoms with Crippen molar-refractivity contribution in [2.24, 2.45) is 5.10 Å². The van der Waals surface area contributed by atoms with E-state index >= 15 is 0 Å². The van der Waals surface area contributed by atoms with Crippen molar-refractivity contribution in [2.45, 2.75) is 0 Å². The number of rotatable bonds is 5. The van der Waals surface area contributed by atoms with Gasteiger partial charge >= 0.3 is 0 Å². The first kappa shape index (κ1) is 19.6. The number of phenols is 2. The molecule has 0 saturated heterocycles. The Morgan fingerprint density at radius 1 is 0.897 bits per heavy atom. The Labute approximate surface area is 165 Å². The van der Waals surface area contributed by atoms with E-state index in [1.165, 1.54) is 54.7 Å². The molecule has 0 fully saturated rings. The van der Waals surface area contributed by atoms with Crippen LogP contribution in [-0.4, -0.2) is 28.2 Å². The molecular formula is C21H16FN3O4. The second-order valence-electron chi connectivity index (χ2n) is 5.98. The number of nitrogens with zero attached hydrogens (tertiary/aromatic N) is 1. The minimum absolute atomic E-state index is 0.0943. The molecule has 146 valence electrons. The van der Waals surface area contributed by atoms with Gasteiger partial charge in [-0.15, -0.1) is 0 Å². The van der Waals surface area contributed by atoms with E-state index in [0.29, 0.717) is 11.3 Å². The SMILES string of the molecule is O=C(NN=Cc1ccc(O)cc1O)c1cccc(NC(=O)c2ccc(F)cc2)c1. The molecule has 3 rings (SSSR count).